The molecule has 0 radical (unpaired) electrons. The van der Waals surface area contributed by atoms with Crippen molar-refractivity contribution in [2.45, 2.75) is 58.5 Å². The van der Waals surface area contributed by atoms with E-state index in [4.69, 9.17) is 4.74 Å². The predicted octanol–water partition coefficient (Wildman–Crippen LogP) is 5.32. The molecule has 1 N–H and O–H groups in total. The summed E-state index contributed by atoms with van der Waals surface area (Å²) in [6.45, 7) is 6.97. The van der Waals surface area contributed by atoms with Crippen molar-refractivity contribution in [2.75, 3.05) is 7.11 Å². The van der Waals surface area contributed by atoms with Gasteiger partial charge in [0.25, 0.3) is 0 Å². The van der Waals surface area contributed by atoms with Gasteiger partial charge >= 0.3 is 0 Å². The van der Waals surface area contributed by atoms with Gasteiger partial charge in [0, 0.05) is 12.1 Å². The van der Waals surface area contributed by atoms with E-state index in [2.05, 4.69) is 54.2 Å². The van der Waals surface area contributed by atoms with Gasteiger partial charge in [0.15, 0.2) is 0 Å². The van der Waals surface area contributed by atoms with Crippen molar-refractivity contribution in [2.24, 2.45) is 11.8 Å². The van der Waals surface area contributed by atoms with Crippen LogP contribution in [0.15, 0.2) is 22.7 Å². The van der Waals surface area contributed by atoms with Gasteiger partial charge in [0.1, 0.15) is 5.75 Å². The van der Waals surface area contributed by atoms with Crippen molar-refractivity contribution in [1.29, 1.82) is 0 Å². The number of rotatable bonds is 5. The molecule has 0 heterocycles. The molecule has 3 heteroatoms. The Labute approximate surface area is 137 Å². The van der Waals surface area contributed by atoms with Gasteiger partial charge in [-0.1, -0.05) is 32.8 Å². The van der Waals surface area contributed by atoms with E-state index in [1.54, 1.807) is 7.11 Å². The monoisotopic (exact) mass is 353 g/mol. The molecule has 1 saturated carbocycles. The fourth-order valence-electron chi connectivity index (χ4n) is 3.39. The van der Waals surface area contributed by atoms with Crippen LogP contribution in [-0.4, -0.2) is 13.2 Å². The zero-order valence-electron chi connectivity index (χ0n) is 13.7. The SMILES string of the molecule is COc1ccc(C(C)NC2CCCC(C(C)C)C2)cc1Br. The molecule has 118 valence electrons. The van der Waals surface area contributed by atoms with Gasteiger partial charge < -0.3 is 10.1 Å². The zero-order valence-corrected chi connectivity index (χ0v) is 15.2. The molecule has 1 aromatic rings. The molecule has 1 aliphatic rings. The highest BCUT2D eigenvalue weighted by atomic mass is 79.9. The van der Waals surface area contributed by atoms with Gasteiger partial charge in [-0.3, -0.25) is 0 Å². The van der Waals surface area contributed by atoms with Crippen molar-refractivity contribution in [1.82, 2.24) is 5.32 Å². The highest BCUT2D eigenvalue weighted by molar-refractivity contribution is 9.10. The van der Waals surface area contributed by atoms with Crippen LogP contribution in [0.1, 0.15) is 58.1 Å². The van der Waals surface area contributed by atoms with Crippen molar-refractivity contribution in [3.05, 3.63) is 28.2 Å². The summed E-state index contributed by atoms with van der Waals surface area (Å²) >= 11 is 3.58. The number of methoxy groups -OCH3 is 1. The van der Waals surface area contributed by atoms with Gasteiger partial charge in [-0.05, 0) is 65.2 Å². The van der Waals surface area contributed by atoms with Crippen LogP contribution in [0, 0.1) is 11.8 Å². The normalized spacial score (nSPS) is 24.1. The third-order valence-electron chi connectivity index (χ3n) is 4.82. The molecule has 3 atom stereocenters. The molecule has 3 unspecified atom stereocenters. The van der Waals surface area contributed by atoms with Crippen LogP contribution in [0.25, 0.3) is 0 Å². The van der Waals surface area contributed by atoms with Gasteiger partial charge in [0.2, 0.25) is 0 Å². The Hall–Kier alpha value is -0.540. The fourth-order valence-corrected chi connectivity index (χ4v) is 3.94. The number of benzene rings is 1. The first kappa shape index (κ1) is 16.8. The molecule has 1 aromatic carbocycles. The minimum Gasteiger partial charge on any atom is -0.496 e. The standard InChI is InChI=1S/C18H28BrNO/c1-12(2)14-6-5-7-16(10-14)20-13(3)15-8-9-18(21-4)17(19)11-15/h8-9,11-14,16,20H,5-7,10H2,1-4H3. The largest absolute Gasteiger partial charge is 0.496 e. The van der Waals surface area contributed by atoms with Crippen LogP contribution in [-0.2, 0) is 0 Å². The second kappa shape index (κ2) is 7.64. The lowest BCUT2D eigenvalue weighted by Crippen LogP contribution is -2.37. The van der Waals surface area contributed by atoms with Crippen LogP contribution in [0.2, 0.25) is 0 Å². The second-order valence-corrected chi connectivity index (χ2v) is 7.50. The smallest absolute Gasteiger partial charge is 0.133 e. The number of halogens is 1. The Kier molecular flexibility index (Phi) is 6.12. The zero-order chi connectivity index (χ0) is 15.4. The lowest BCUT2D eigenvalue weighted by atomic mass is 9.79. The number of nitrogens with one attached hydrogen (secondary N) is 1. The molecule has 1 aliphatic carbocycles. The third kappa shape index (κ3) is 4.46. The minimum absolute atomic E-state index is 0.378. The Morgan fingerprint density at radius 3 is 2.62 bits per heavy atom. The Bertz CT molecular complexity index is 461. The molecule has 2 nitrogen and oxygen atoms in total. The molecule has 0 saturated heterocycles. The van der Waals surface area contributed by atoms with E-state index < -0.39 is 0 Å². The van der Waals surface area contributed by atoms with Crippen LogP contribution in [0.3, 0.4) is 0 Å². The molecule has 0 aromatic heterocycles. The lowest BCUT2D eigenvalue weighted by molar-refractivity contribution is 0.223. The van der Waals surface area contributed by atoms with Gasteiger partial charge in [-0.25, -0.2) is 0 Å². The van der Waals surface area contributed by atoms with Crippen molar-refractivity contribution in [3.63, 3.8) is 0 Å². The lowest BCUT2D eigenvalue weighted by Gasteiger charge is -2.34. The Morgan fingerprint density at radius 1 is 1.24 bits per heavy atom. The number of ether oxygens (including phenoxy) is 1. The number of hydrogen-bond acceptors (Lipinski definition) is 2. The summed E-state index contributed by atoms with van der Waals surface area (Å²) in [5.74, 6) is 2.58. The summed E-state index contributed by atoms with van der Waals surface area (Å²) < 4.78 is 6.33. The van der Waals surface area contributed by atoms with Crippen molar-refractivity contribution < 1.29 is 4.74 Å². The first-order valence-corrected chi connectivity index (χ1v) is 8.90. The van der Waals surface area contributed by atoms with Crippen LogP contribution >= 0.6 is 15.9 Å². The maximum absolute atomic E-state index is 5.30. The first-order valence-electron chi connectivity index (χ1n) is 8.10. The van der Waals surface area contributed by atoms with Gasteiger partial charge in [-0.15, -0.1) is 0 Å². The average molecular weight is 354 g/mol. The molecule has 2 rings (SSSR count). The minimum atomic E-state index is 0.378. The first-order chi connectivity index (χ1) is 10.0. The van der Waals surface area contributed by atoms with Crippen LogP contribution in [0.4, 0.5) is 0 Å². The Morgan fingerprint density at radius 2 is 2.00 bits per heavy atom. The van der Waals surface area contributed by atoms with Crippen molar-refractivity contribution in [3.8, 4) is 5.75 Å². The molecular formula is C18H28BrNO. The number of hydrogen-bond donors (Lipinski definition) is 1. The van der Waals surface area contributed by atoms with E-state index >= 15 is 0 Å². The van der Waals surface area contributed by atoms with E-state index in [0.717, 1.165) is 22.1 Å². The molecule has 21 heavy (non-hydrogen) atoms. The summed E-state index contributed by atoms with van der Waals surface area (Å²) in [7, 11) is 1.70. The highest BCUT2D eigenvalue weighted by Crippen LogP contribution is 2.32. The maximum Gasteiger partial charge on any atom is 0.133 e. The summed E-state index contributed by atoms with van der Waals surface area (Å²) in [5, 5.41) is 3.82. The molecular weight excluding hydrogens is 326 g/mol. The topological polar surface area (TPSA) is 21.3 Å². The molecule has 0 amide bonds. The average Bonchev–Trinajstić information content (AvgIpc) is 2.47. The fraction of sp³-hybridized carbons (Fsp3) is 0.667. The molecule has 1 fully saturated rings. The second-order valence-electron chi connectivity index (χ2n) is 6.65. The molecule has 0 bridgehead atoms. The van der Waals surface area contributed by atoms with E-state index in [9.17, 15) is 0 Å². The Balaban J connectivity index is 1.97. The van der Waals surface area contributed by atoms with Crippen LogP contribution in [0.5, 0.6) is 5.75 Å². The van der Waals surface area contributed by atoms with Crippen LogP contribution < -0.4 is 10.1 Å². The quantitative estimate of drug-likeness (QED) is 0.772. The van der Waals surface area contributed by atoms with E-state index in [-0.39, 0.29) is 0 Å². The summed E-state index contributed by atoms with van der Waals surface area (Å²) in [5.41, 5.74) is 1.31. The van der Waals surface area contributed by atoms with E-state index in [1.165, 1.54) is 31.2 Å². The molecule has 0 aliphatic heterocycles. The summed E-state index contributed by atoms with van der Waals surface area (Å²) in [6, 6.07) is 7.39. The summed E-state index contributed by atoms with van der Waals surface area (Å²) in [4.78, 5) is 0. The maximum atomic E-state index is 5.30. The van der Waals surface area contributed by atoms with E-state index in [1.807, 2.05) is 6.07 Å². The summed E-state index contributed by atoms with van der Waals surface area (Å²) in [6.07, 6.45) is 5.39. The van der Waals surface area contributed by atoms with E-state index in [0.29, 0.717) is 12.1 Å². The molecule has 0 spiro atoms. The predicted molar refractivity (Wildman–Crippen MR) is 92.8 cm³/mol. The van der Waals surface area contributed by atoms with Gasteiger partial charge in [-0.2, -0.15) is 0 Å². The third-order valence-corrected chi connectivity index (χ3v) is 5.44. The van der Waals surface area contributed by atoms with Gasteiger partial charge in [0.05, 0.1) is 11.6 Å². The highest BCUT2D eigenvalue weighted by Gasteiger charge is 2.25. The van der Waals surface area contributed by atoms with Crippen molar-refractivity contribution >= 4 is 15.9 Å².